The van der Waals surface area contributed by atoms with E-state index < -0.39 is 53.6 Å². The molecule has 2 heterocycles. The van der Waals surface area contributed by atoms with Crippen molar-refractivity contribution in [2.75, 3.05) is 52.7 Å². The van der Waals surface area contributed by atoms with Crippen LogP contribution in [0, 0.1) is 11.3 Å². The third-order valence-electron chi connectivity index (χ3n) is 8.79. The zero-order valence-electron chi connectivity index (χ0n) is 35.4. The third-order valence-corrected chi connectivity index (χ3v) is 8.79. The lowest BCUT2D eigenvalue weighted by Gasteiger charge is -2.38. The molecule has 4 N–H and O–H groups in total. The number of ketones is 1. The summed E-state index contributed by atoms with van der Waals surface area (Å²) < 4.78 is 4.92. The molecule has 2 aliphatic heterocycles. The van der Waals surface area contributed by atoms with Crippen molar-refractivity contribution in [1.82, 2.24) is 31.1 Å². The molecule has 0 aromatic carbocycles. The first-order chi connectivity index (χ1) is 26.1. The van der Waals surface area contributed by atoms with Gasteiger partial charge in [-0.3, -0.25) is 33.7 Å². The van der Waals surface area contributed by atoms with Crippen LogP contribution < -0.4 is 21.3 Å². The van der Waals surface area contributed by atoms with Gasteiger partial charge in [0.15, 0.2) is 0 Å². The van der Waals surface area contributed by atoms with E-state index in [2.05, 4.69) is 61.2 Å². The Bertz CT molecular complexity index is 1170. The zero-order valence-corrected chi connectivity index (χ0v) is 36.2. The van der Waals surface area contributed by atoms with E-state index in [1.807, 2.05) is 27.7 Å². The van der Waals surface area contributed by atoms with Gasteiger partial charge >= 0.3 is 6.03 Å². The first-order valence-electron chi connectivity index (χ1n) is 19.9. The van der Waals surface area contributed by atoms with Crippen molar-refractivity contribution in [2.45, 2.75) is 138 Å². The molecule has 0 aromatic heterocycles. The van der Waals surface area contributed by atoms with Crippen molar-refractivity contribution in [3.8, 4) is 0 Å². The van der Waals surface area contributed by atoms with Crippen LogP contribution in [0.25, 0.3) is 0 Å². The number of likely N-dealkylation sites (tertiary alicyclic amines) is 2. The predicted octanol–water partition coefficient (Wildman–Crippen LogP) is 4.81. The van der Waals surface area contributed by atoms with Crippen LogP contribution in [0.4, 0.5) is 4.79 Å². The molecule has 2 saturated heterocycles. The lowest BCUT2D eigenvalue weighted by atomic mass is 9.85. The number of nitrogens with zero attached hydrogens (tertiary/aromatic N) is 2. The Morgan fingerprint density at radius 2 is 1.56 bits per heavy atom. The van der Waals surface area contributed by atoms with E-state index in [-0.39, 0.29) is 43.8 Å². The van der Waals surface area contributed by atoms with Gasteiger partial charge in [0.1, 0.15) is 6.04 Å². The van der Waals surface area contributed by atoms with Crippen molar-refractivity contribution in [1.29, 1.82) is 0 Å². The van der Waals surface area contributed by atoms with Gasteiger partial charge in [0.2, 0.25) is 29.4 Å². The minimum absolute atomic E-state index is 0.0292. The van der Waals surface area contributed by atoms with Crippen LogP contribution in [-0.4, -0.2) is 116 Å². The quantitative estimate of drug-likeness (QED) is 0.0406. The Kier molecular flexibility index (Phi) is 30.9. The number of imide groups is 1. The third kappa shape index (κ3) is 22.6. The fraction of sp³-hybridized carbons (Fsp3) is 0.775. The fourth-order valence-electron chi connectivity index (χ4n) is 5.71. The van der Waals surface area contributed by atoms with Crippen molar-refractivity contribution < 1.29 is 38.3 Å². The largest absolute Gasteiger partial charge is 0.385 e. The highest BCUT2D eigenvalue weighted by molar-refractivity contribution is 7.79. The summed E-state index contributed by atoms with van der Waals surface area (Å²) >= 11 is 3.53. The normalized spacial score (nSPS) is 16.8. The molecule has 0 aliphatic carbocycles. The SMILES string of the molecule is C=CCNC(=O)C(=O)CNC(=O)C1CCCN1C(=O)CNC(=O)NC(CN1C(=O)CCC(CCC)C1=O)C(C)(C)C.CCC.CCCCCCCOC.CS. The highest BCUT2D eigenvalue weighted by Gasteiger charge is 2.38. The van der Waals surface area contributed by atoms with Crippen molar-refractivity contribution in [3.63, 3.8) is 0 Å². The lowest BCUT2D eigenvalue weighted by molar-refractivity contribution is -0.152. The molecular formula is C40H74N6O8S. The Morgan fingerprint density at radius 1 is 0.927 bits per heavy atom. The fourth-order valence-corrected chi connectivity index (χ4v) is 5.71. The number of piperidine rings is 1. The van der Waals surface area contributed by atoms with E-state index in [9.17, 15) is 33.6 Å². The number of unbranched alkanes of at least 4 members (excludes halogenated alkanes) is 4. The summed E-state index contributed by atoms with van der Waals surface area (Å²) in [5.41, 5.74) is -0.502. The second-order valence-corrected chi connectivity index (χ2v) is 14.6. The van der Waals surface area contributed by atoms with E-state index >= 15 is 0 Å². The smallest absolute Gasteiger partial charge is 0.315 e. The Hall–Kier alpha value is -3.46. The minimum Gasteiger partial charge on any atom is -0.385 e. The Balaban J connectivity index is 0. The van der Waals surface area contributed by atoms with Gasteiger partial charge in [-0.05, 0) is 43.8 Å². The molecule has 0 saturated carbocycles. The van der Waals surface area contributed by atoms with Gasteiger partial charge in [-0.1, -0.05) is 93.1 Å². The highest BCUT2D eigenvalue weighted by Crippen LogP contribution is 2.27. The Labute approximate surface area is 336 Å². The summed E-state index contributed by atoms with van der Waals surface area (Å²) in [6.07, 6.45) is 14.3. The number of carbonyl (C=O) groups is 7. The number of hydrogen-bond acceptors (Lipinski definition) is 9. The molecule has 55 heavy (non-hydrogen) atoms. The molecule has 2 fully saturated rings. The predicted molar refractivity (Wildman–Crippen MR) is 222 cm³/mol. The average Bonchev–Trinajstić information content (AvgIpc) is 3.65. The van der Waals surface area contributed by atoms with Crippen LogP contribution in [0.2, 0.25) is 0 Å². The van der Waals surface area contributed by atoms with E-state index in [0.29, 0.717) is 32.2 Å². The van der Waals surface area contributed by atoms with Crippen LogP contribution in [0.3, 0.4) is 0 Å². The monoisotopic (exact) mass is 799 g/mol. The Morgan fingerprint density at radius 3 is 2.13 bits per heavy atom. The molecule has 14 nitrogen and oxygen atoms in total. The van der Waals surface area contributed by atoms with Crippen molar-refractivity contribution >= 4 is 54.0 Å². The number of amides is 7. The van der Waals surface area contributed by atoms with Crippen LogP contribution in [0.1, 0.15) is 126 Å². The van der Waals surface area contributed by atoms with Crippen LogP contribution >= 0.6 is 12.6 Å². The van der Waals surface area contributed by atoms with Gasteiger partial charge in [0, 0.05) is 45.7 Å². The van der Waals surface area contributed by atoms with Crippen molar-refractivity contribution in [3.05, 3.63) is 12.7 Å². The van der Waals surface area contributed by atoms with Gasteiger partial charge in [-0.25, -0.2) is 4.79 Å². The summed E-state index contributed by atoms with van der Waals surface area (Å²) in [6.45, 7) is 18.1. The number of carbonyl (C=O) groups excluding carboxylic acids is 7. The molecule has 0 bridgehead atoms. The summed E-state index contributed by atoms with van der Waals surface area (Å²) in [5.74, 6) is -3.39. The number of hydrogen-bond donors (Lipinski definition) is 5. The van der Waals surface area contributed by atoms with Crippen LogP contribution in [-0.2, 0) is 33.5 Å². The van der Waals surface area contributed by atoms with E-state index in [4.69, 9.17) is 4.74 Å². The molecule has 0 radical (unpaired) electrons. The van der Waals surface area contributed by atoms with Crippen molar-refractivity contribution in [2.24, 2.45) is 11.3 Å². The maximum Gasteiger partial charge on any atom is 0.315 e. The number of Topliss-reactive ketones (excluding diaryl/α,β-unsaturated/α-hetero) is 1. The minimum atomic E-state index is -0.844. The number of urea groups is 1. The summed E-state index contributed by atoms with van der Waals surface area (Å²) in [4.78, 5) is 89.9. The maximum atomic E-state index is 12.9. The number of thiol groups is 1. The van der Waals surface area contributed by atoms with E-state index in [1.165, 1.54) is 54.4 Å². The molecule has 3 atom stereocenters. The van der Waals surface area contributed by atoms with Gasteiger partial charge in [0.25, 0.3) is 5.91 Å². The molecule has 2 aliphatic rings. The molecule has 3 unspecified atom stereocenters. The lowest BCUT2D eigenvalue weighted by Crippen LogP contribution is -2.58. The van der Waals surface area contributed by atoms with E-state index in [0.717, 1.165) is 13.0 Å². The number of ether oxygens (including phenoxy) is 1. The molecule has 2 rings (SSSR count). The summed E-state index contributed by atoms with van der Waals surface area (Å²) in [5, 5.41) is 10.1. The topological polar surface area (TPSA) is 183 Å². The molecule has 0 spiro atoms. The van der Waals surface area contributed by atoms with Gasteiger partial charge in [-0.15, -0.1) is 6.58 Å². The van der Waals surface area contributed by atoms with Crippen LogP contribution in [0.15, 0.2) is 12.7 Å². The maximum absolute atomic E-state index is 12.9. The molecule has 7 amide bonds. The standard InChI is InChI=1S/C28H44N6O7.C8H18O.C3H8.CH4S/c1-6-9-18-11-12-22(36)34(26(18)40)17-21(28(3,4)5)32-27(41)31-16-23(37)33-14-8-10-19(33)24(38)30-15-20(35)25(39)29-13-7-2;1-3-4-5-6-7-8-9-2;1-3-2;1-2/h7,18-19,21H,2,6,8-17H2,1,3-5H3,(H,29,39)(H,30,38)(H2,31,32,41);3-8H2,1-2H3;3H2,1-2H3;2H,1H3. The number of rotatable bonds is 19. The zero-order chi connectivity index (χ0) is 42.4. The summed E-state index contributed by atoms with van der Waals surface area (Å²) in [6, 6.07) is -2.04. The second kappa shape index (κ2) is 31.7. The van der Waals surface area contributed by atoms with Crippen LogP contribution in [0.5, 0.6) is 0 Å². The molecule has 318 valence electrons. The summed E-state index contributed by atoms with van der Waals surface area (Å²) in [7, 11) is 1.76. The molecule has 15 heteroatoms. The second-order valence-electron chi connectivity index (χ2n) is 14.6. The van der Waals surface area contributed by atoms with Gasteiger partial charge in [-0.2, -0.15) is 12.6 Å². The molecular weight excluding hydrogens is 725 g/mol. The number of nitrogens with one attached hydrogen (secondary N) is 4. The first kappa shape index (κ1) is 53.6. The number of methoxy groups -OCH3 is 1. The van der Waals surface area contributed by atoms with Gasteiger partial charge in [0.05, 0.1) is 19.1 Å². The first-order valence-corrected chi connectivity index (χ1v) is 20.8. The van der Waals surface area contributed by atoms with Gasteiger partial charge < -0.3 is 30.9 Å². The molecule has 0 aromatic rings. The highest BCUT2D eigenvalue weighted by atomic mass is 32.1. The average molecular weight is 799 g/mol. The van der Waals surface area contributed by atoms with E-state index in [1.54, 1.807) is 13.4 Å².